The number of para-hydroxylation sites is 2. The zero-order chi connectivity index (χ0) is 18.9. The number of imidazole rings is 1. The first-order valence-corrected chi connectivity index (χ1v) is 10.3. The monoisotopic (exact) mass is 388 g/mol. The first kappa shape index (κ1) is 17.1. The molecule has 2 aromatic carbocycles. The number of rotatable bonds is 3. The number of amides is 1. The van der Waals surface area contributed by atoms with Gasteiger partial charge in [0.05, 0.1) is 17.2 Å². The third kappa shape index (κ3) is 3.20. The molecule has 0 aliphatic carbocycles. The van der Waals surface area contributed by atoms with Crippen LogP contribution in [0, 0.1) is 0 Å². The SMILES string of the molecule is O=C(c1cnc(-c2ccccc2)s1)N1CCC(c2nc3ccccc3[nH]2)CC1. The summed E-state index contributed by atoms with van der Waals surface area (Å²) in [4.78, 5) is 28.2. The number of fused-ring (bicyclic) bond motifs is 1. The Morgan fingerprint density at radius 2 is 1.79 bits per heavy atom. The molecule has 0 saturated carbocycles. The Balaban J connectivity index is 1.26. The Kier molecular flexibility index (Phi) is 4.41. The maximum Gasteiger partial charge on any atom is 0.265 e. The minimum absolute atomic E-state index is 0.0859. The average Bonchev–Trinajstić information content (AvgIpc) is 3.41. The van der Waals surface area contributed by atoms with Gasteiger partial charge in [-0.1, -0.05) is 42.5 Å². The van der Waals surface area contributed by atoms with Crippen molar-refractivity contribution >= 4 is 28.3 Å². The van der Waals surface area contributed by atoms with E-state index in [2.05, 4.69) is 16.0 Å². The van der Waals surface area contributed by atoms with Crippen LogP contribution in [0.15, 0.2) is 60.8 Å². The van der Waals surface area contributed by atoms with E-state index in [1.165, 1.54) is 11.3 Å². The smallest absolute Gasteiger partial charge is 0.265 e. The number of nitrogens with one attached hydrogen (secondary N) is 1. The number of hydrogen-bond acceptors (Lipinski definition) is 4. The van der Waals surface area contributed by atoms with E-state index < -0.39 is 0 Å². The lowest BCUT2D eigenvalue weighted by Gasteiger charge is -2.30. The highest BCUT2D eigenvalue weighted by Gasteiger charge is 2.27. The van der Waals surface area contributed by atoms with Crippen LogP contribution in [0.3, 0.4) is 0 Å². The van der Waals surface area contributed by atoms with Gasteiger partial charge in [-0.15, -0.1) is 11.3 Å². The fraction of sp³-hybridized carbons (Fsp3) is 0.227. The number of likely N-dealkylation sites (tertiary alicyclic amines) is 1. The van der Waals surface area contributed by atoms with E-state index >= 15 is 0 Å². The molecule has 140 valence electrons. The number of benzene rings is 2. The highest BCUT2D eigenvalue weighted by molar-refractivity contribution is 7.16. The fourth-order valence-electron chi connectivity index (χ4n) is 3.76. The molecule has 1 fully saturated rings. The van der Waals surface area contributed by atoms with E-state index in [0.29, 0.717) is 10.8 Å². The number of aromatic nitrogens is 3. The summed E-state index contributed by atoms with van der Waals surface area (Å²) in [7, 11) is 0. The molecule has 0 unspecified atom stereocenters. The molecular weight excluding hydrogens is 368 g/mol. The van der Waals surface area contributed by atoms with Crippen molar-refractivity contribution in [1.82, 2.24) is 19.9 Å². The van der Waals surface area contributed by atoms with Crippen LogP contribution < -0.4 is 0 Å². The van der Waals surface area contributed by atoms with Crippen molar-refractivity contribution in [2.75, 3.05) is 13.1 Å². The number of thiazole rings is 1. The van der Waals surface area contributed by atoms with E-state index in [1.54, 1.807) is 6.20 Å². The van der Waals surface area contributed by atoms with Crippen molar-refractivity contribution in [3.63, 3.8) is 0 Å². The van der Waals surface area contributed by atoms with Gasteiger partial charge in [0.2, 0.25) is 0 Å². The molecular formula is C22H20N4OS. The fourth-order valence-corrected chi connectivity index (χ4v) is 4.65. The van der Waals surface area contributed by atoms with Crippen molar-refractivity contribution in [1.29, 1.82) is 0 Å². The molecule has 0 bridgehead atoms. The number of nitrogens with zero attached hydrogens (tertiary/aromatic N) is 3. The van der Waals surface area contributed by atoms with Crippen molar-refractivity contribution in [2.24, 2.45) is 0 Å². The highest BCUT2D eigenvalue weighted by atomic mass is 32.1. The van der Waals surface area contributed by atoms with Gasteiger partial charge < -0.3 is 9.88 Å². The van der Waals surface area contributed by atoms with Gasteiger partial charge in [-0.05, 0) is 25.0 Å². The second kappa shape index (κ2) is 7.20. The van der Waals surface area contributed by atoms with Gasteiger partial charge in [0.25, 0.3) is 5.91 Å². The van der Waals surface area contributed by atoms with Crippen LogP contribution in [0.25, 0.3) is 21.6 Å². The Morgan fingerprint density at radius 3 is 2.57 bits per heavy atom. The summed E-state index contributed by atoms with van der Waals surface area (Å²) in [6.45, 7) is 1.50. The maximum absolute atomic E-state index is 12.9. The van der Waals surface area contributed by atoms with Crippen molar-refractivity contribution in [3.8, 4) is 10.6 Å². The van der Waals surface area contributed by atoms with Crippen LogP contribution in [-0.4, -0.2) is 38.8 Å². The van der Waals surface area contributed by atoms with Crippen LogP contribution in [0.4, 0.5) is 0 Å². The number of piperidine rings is 1. The third-order valence-corrected chi connectivity index (χ3v) is 6.35. The van der Waals surface area contributed by atoms with Crippen molar-refractivity contribution < 1.29 is 4.79 Å². The Labute approximate surface area is 167 Å². The lowest BCUT2D eigenvalue weighted by Crippen LogP contribution is -2.37. The molecule has 1 aliphatic heterocycles. The molecule has 1 saturated heterocycles. The van der Waals surface area contributed by atoms with E-state index in [-0.39, 0.29) is 5.91 Å². The largest absolute Gasteiger partial charge is 0.342 e. The highest BCUT2D eigenvalue weighted by Crippen LogP contribution is 2.30. The Hall–Kier alpha value is -2.99. The maximum atomic E-state index is 12.9. The molecule has 4 aromatic rings. The van der Waals surface area contributed by atoms with Gasteiger partial charge >= 0.3 is 0 Å². The van der Waals surface area contributed by atoms with Gasteiger partial charge in [0, 0.05) is 24.6 Å². The predicted molar refractivity (Wildman–Crippen MR) is 112 cm³/mol. The zero-order valence-corrected chi connectivity index (χ0v) is 16.2. The van der Waals surface area contributed by atoms with Gasteiger partial charge in [0.1, 0.15) is 15.7 Å². The normalized spacial score (nSPS) is 15.2. The van der Waals surface area contributed by atoms with Crippen LogP contribution in [0.2, 0.25) is 0 Å². The number of H-pyrrole nitrogens is 1. The van der Waals surface area contributed by atoms with Crippen LogP contribution >= 0.6 is 11.3 Å². The summed E-state index contributed by atoms with van der Waals surface area (Å²) in [5, 5.41) is 0.890. The van der Waals surface area contributed by atoms with E-state index in [0.717, 1.165) is 53.4 Å². The molecule has 1 aliphatic rings. The molecule has 28 heavy (non-hydrogen) atoms. The van der Waals surface area contributed by atoms with Gasteiger partial charge in [-0.25, -0.2) is 9.97 Å². The first-order valence-electron chi connectivity index (χ1n) is 9.53. The van der Waals surface area contributed by atoms with E-state index in [4.69, 9.17) is 4.98 Å². The summed E-state index contributed by atoms with van der Waals surface area (Å²) in [6.07, 6.45) is 3.56. The molecule has 2 aromatic heterocycles. The van der Waals surface area contributed by atoms with Crippen molar-refractivity contribution in [3.05, 3.63) is 71.5 Å². The number of hydrogen-bond donors (Lipinski definition) is 1. The number of aromatic amines is 1. The third-order valence-electron chi connectivity index (χ3n) is 5.31. The number of carbonyl (C=O) groups is 1. The molecule has 5 nitrogen and oxygen atoms in total. The molecule has 0 spiro atoms. The molecule has 3 heterocycles. The molecule has 1 amide bonds. The quantitative estimate of drug-likeness (QED) is 0.553. The second-order valence-corrected chi connectivity index (χ2v) is 8.13. The average molecular weight is 388 g/mol. The van der Waals surface area contributed by atoms with Crippen molar-refractivity contribution in [2.45, 2.75) is 18.8 Å². The Bertz CT molecular complexity index is 1080. The summed E-state index contributed by atoms with van der Waals surface area (Å²) in [6, 6.07) is 18.1. The molecule has 0 atom stereocenters. The van der Waals surface area contributed by atoms with Crippen LogP contribution in [0.5, 0.6) is 0 Å². The molecule has 5 rings (SSSR count). The lowest BCUT2D eigenvalue weighted by atomic mass is 9.96. The van der Waals surface area contributed by atoms with E-state index in [1.807, 2.05) is 53.4 Å². The Morgan fingerprint density at radius 1 is 1.04 bits per heavy atom. The summed E-state index contributed by atoms with van der Waals surface area (Å²) in [5.41, 5.74) is 3.14. The standard InChI is InChI=1S/C22H20N4OS/c27-22(19-14-23-21(28-19)16-6-2-1-3-7-16)26-12-10-15(11-13-26)20-24-17-8-4-5-9-18(17)25-20/h1-9,14-15H,10-13H2,(H,24,25). The van der Waals surface area contributed by atoms with E-state index in [9.17, 15) is 4.79 Å². The van der Waals surface area contributed by atoms with Gasteiger partial charge in [0.15, 0.2) is 0 Å². The van der Waals surface area contributed by atoms with Gasteiger partial charge in [-0.2, -0.15) is 0 Å². The molecule has 0 radical (unpaired) electrons. The topological polar surface area (TPSA) is 61.9 Å². The molecule has 6 heteroatoms. The predicted octanol–water partition coefficient (Wildman–Crippen LogP) is 4.71. The number of carbonyl (C=O) groups excluding carboxylic acids is 1. The van der Waals surface area contributed by atoms with Crippen LogP contribution in [-0.2, 0) is 0 Å². The summed E-state index contributed by atoms with van der Waals surface area (Å²) >= 11 is 1.47. The van der Waals surface area contributed by atoms with Gasteiger partial charge in [-0.3, -0.25) is 4.79 Å². The van der Waals surface area contributed by atoms with Crippen LogP contribution in [0.1, 0.15) is 34.3 Å². The molecule has 1 N–H and O–H groups in total. The zero-order valence-electron chi connectivity index (χ0n) is 15.3. The summed E-state index contributed by atoms with van der Waals surface area (Å²) < 4.78 is 0. The minimum atomic E-state index is 0.0859. The lowest BCUT2D eigenvalue weighted by molar-refractivity contribution is 0.0716. The first-order chi connectivity index (χ1) is 13.8. The summed E-state index contributed by atoms with van der Waals surface area (Å²) in [5.74, 6) is 1.50. The second-order valence-electron chi connectivity index (χ2n) is 7.10. The minimum Gasteiger partial charge on any atom is -0.342 e.